The molecule has 0 saturated carbocycles. The van der Waals surface area contributed by atoms with Crippen molar-refractivity contribution in [2.75, 3.05) is 39.6 Å². The third-order valence-corrected chi connectivity index (χ3v) is 2.97. The van der Waals surface area contributed by atoms with Crippen molar-refractivity contribution in [3.63, 3.8) is 0 Å². The molecule has 0 N–H and O–H groups in total. The van der Waals surface area contributed by atoms with Gasteiger partial charge in [0.2, 0.25) is 0 Å². The molecule has 2 rings (SSSR count). The van der Waals surface area contributed by atoms with E-state index in [2.05, 4.69) is 32.2 Å². The molecule has 0 fully saturated rings. The number of rotatable bonds is 8. The number of allylic oxidation sites excluding steroid dienone is 2. The molecule has 2 heterocycles. The van der Waals surface area contributed by atoms with Crippen LogP contribution in [-0.4, -0.2) is 61.9 Å². The highest BCUT2D eigenvalue weighted by Gasteiger charge is 2.01. The van der Waals surface area contributed by atoms with Crippen molar-refractivity contribution in [3.8, 4) is 0 Å². The predicted octanol–water partition coefficient (Wildman–Crippen LogP) is 1.50. The fraction of sp³-hybridized carbons (Fsp3) is 0.571. The van der Waals surface area contributed by atoms with Crippen LogP contribution in [0.15, 0.2) is 34.5 Å². The molecule has 0 aromatic rings. The Bertz CT molecular complexity index is 328. The van der Waals surface area contributed by atoms with E-state index in [1.165, 1.54) is 0 Å². The van der Waals surface area contributed by atoms with Crippen LogP contribution in [0.2, 0.25) is 0 Å². The van der Waals surface area contributed by atoms with E-state index in [1.54, 1.807) is 0 Å². The molecule has 2 aliphatic heterocycles. The normalized spacial score (nSPS) is 17.5. The van der Waals surface area contributed by atoms with Crippen LogP contribution in [0.5, 0.6) is 0 Å². The minimum absolute atomic E-state index is 0.776. The summed E-state index contributed by atoms with van der Waals surface area (Å²) in [4.78, 5) is 12.8. The van der Waals surface area contributed by atoms with Crippen molar-refractivity contribution in [1.82, 2.24) is 9.80 Å². The summed E-state index contributed by atoms with van der Waals surface area (Å²) in [5, 5.41) is 0. The molecule has 2 aliphatic rings. The molecule has 0 saturated heterocycles. The summed E-state index contributed by atoms with van der Waals surface area (Å²) in [6.45, 7) is 5.22. The Labute approximate surface area is 115 Å². The Hall–Kier alpha value is -1.62. The largest absolute Gasteiger partial charge is 0.381 e. The quantitative estimate of drug-likeness (QED) is 0.622. The monoisotopic (exact) mass is 262 g/mol. The summed E-state index contributed by atoms with van der Waals surface area (Å²) in [6.07, 6.45) is 13.9. The second-order valence-electron chi connectivity index (χ2n) is 4.57. The van der Waals surface area contributed by atoms with Crippen LogP contribution in [0, 0.1) is 0 Å². The van der Waals surface area contributed by atoms with Gasteiger partial charge in [-0.05, 0) is 25.0 Å². The van der Waals surface area contributed by atoms with Gasteiger partial charge in [0, 0.05) is 51.1 Å². The average molecular weight is 262 g/mol. The van der Waals surface area contributed by atoms with E-state index in [4.69, 9.17) is 4.74 Å². The standard InChI is InChI=1S/C14H22N4O/c1-5-15-13-17(7-1)9-3-11-19-12-4-10-18-8-2-6-16-14-18/h1-2,5-8H,3-4,9-14H2. The zero-order chi connectivity index (χ0) is 13.2. The SMILES string of the molecule is C1=CN(CCCOCCCN2C=CC=NC2)CN=C1. The summed E-state index contributed by atoms with van der Waals surface area (Å²) in [6, 6.07) is 0. The van der Waals surface area contributed by atoms with Crippen molar-refractivity contribution < 1.29 is 4.74 Å². The van der Waals surface area contributed by atoms with Crippen LogP contribution in [0.1, 0.15) is 12.8 Å². The number of ether oxygens (including phenoxy) is 1. The number of nitrogens with zero attached hydrogens (tertiary/aromatic N) is 4. The maximum Gasteiger partial charge on any atom is 0.109 e. The Kier molecular flexibility index (Phi) is 6.16. The molecule has 5 heteroatoms. The van der Waals surface area contributed by atoms with E-state index in [0.29, 0.717) is 0 Å². The molecule has 19 heavy (non-hydrogen) atoms. The van der Waals surface area contributed by atoms with E-state index in [1.807, 2.05) is 24.6 Å². The number of aliphatic imine (C=N–C) groups is 2. The highest BCUT2D eigenvalue weighted by atomic mass is 16.5. The van der Waals surface area contributed by atoms with Gasteiger partial charge in [0.25, 0.3) is 0 Å². The van der Waals surface area contributed by atoms with Crippen LogP contribution in [0.4, 0.5) is 0 Å². The second-order valence-corrected chi connectivity index (χ2v) is 4.57. The van der Waals surface area contributed by atoms with Gasteiger partial charge in [-0.25, -0.2) is 0 Å². The molecule has 0 spiro atoms. The molecule has 0 aromatic heterocycles. The van der Waals surface area contributed by atoms with Crippen molar-refractivity contribution in [2.45, 2.75) is 12.8 Å². The lowest BCUT2D eigenvalue weighted by atomic mass is 10.4. The fourth-order valence-corrected chi connectivity index (χ4v) is 1.97. The third-order valence-electron chi connectivity index (χ3n) is 2.97. The lowest BCUT2D eigenvalue weighted by Gasteiger charge is -2.20. The Balaban J connectivity index is 1.40. The molecule has 0 amide bonds. The number of hydrogen-bond acceptors (Lipinski definition) is 5. The smallest absolute Gasteiger partial charge is 0.109 e. The molecule has 0 aliphatic carbocycles. The molecule has 0 unspecified atom stereocenters. The van der Waals surface area contributed by atoms with Crippen LogP contribution in [-0.2, 0) is 4.74 Å². The molecule has 0 aromatic carbocycles. The summed E-state index contributed by atoms with van der Waals surface area (Å²) in [5.41, 5.74) is 0. The molecular formula is C14H22N4O. The summed E-state index contributed by atoms with van der Waals surface area (Å²) in [7, 11) is 0. The Morgan fingerprint density at radius 2 is 1.37 bits per heavy atom. The van der Waals surface area contributed by atoms with Crippen molar-refractivity contribution in [2.24, 2.45) is 9.98 Å². The second kappa shape index (κ2) is 8.48. The van der Waals surface area contributed by atoms with E-state index in [0.717, 1.165) is 52.5 Å². The highest BCUT2D eigenvalue weighted by Crippen LogP contribution is 1.99. The maximum absolute atomic E-state index is 5.64. The summed E-state index contributed by atoms with van der Waals surface area (Å²) < 4.78 is 5.64. The first kappa shape index (κ1) is 13.8. The van der Waals surface area contributed by atoms with Gasteiger partial charge in [-0.2, -0.15) is 0 Å². The van der Waals surface area contributed by atoms with Gasteiger partial charge in [-0.3, -0.25) is 9.98 Å². The molecule has 0 atom stereocenters. The van der Waals surface area contributed by atoms with Gasteiger partial charge in [-0.15, -0.1) is 0 Å². The van der Waals surface area contributed by atoms with Crippen LogP contribution in [0.25, 0.3) is 0 Å². The molecule has 104 valence electrons. The van der Waals surface area contributed by atoms with Crippen LogP contribution >= 0.6 is 0 Å². The van der Waals surface area contributed by atoms with Crippen molar-refractivity contribution in [3.05, 3.63) is 24.6 Å². The van der Waals surface area contributed by atoms with Gasteiger partial charge >= 0.3 is 0 Å². The minimum Gasteiger partial charge on any atom is -0.381 e. The molecule has 0 radical (unpaired) electrons. The highest BCUT2D eigenvalue weighted by molar-refractivity contribution is 5.71. The fourth-order valence-electron chi connectivity index (χ4n) is 1.97. The summed E-state index contributed by atoms with van der Waals surface area (Å²) >= 11 is 0. The maximum atomic E-state index is 5.64. The van der Waals surface area contributed by atoms with Crippen LogP contribution < -0.4 is 0 Å². The third kappa shape index (κ3) is 5.70. The average Bonchev–Trinajstić information content (AvgIpc) is 2.48. The van der Waals surface area contributed by atoms with Gasteiger partial charge < -0.3 is 14.5 Å². The zero-order valence-corrected chi connectivity index (χ0v) is 11.3. The van der Waals surface area contributed by atoms with Gasteiger partial charge in [0.15, 0.2) is 0 Å². The van der Waals surface area contributed by atoms with E-state index in [9.17, 15) is 0 Å². The molecular weight excluding hydrogens is 240 g/mol. The topological polar surface area (TPSA) is 40.4 Å². The Morgan fingerprint density at radius 1 is 0.842 bits per heavy atom. The first-order valence-corrected chi connectivity index (χ1v) is 6.84. The summed E-state index contributed by atoms with van der Waals surface area (Å²) in [5.74, 6) is 0. The van der Waals surface area contributed by atoms with Gasteiger partial charge in [0.05, 0.1) is 0 Å². The first-order valence-electron chi connectivity index (χ1n) is 6.84. The zero-order valence-electron chi connectivity index (χ0n) is 11.3. The van der Waals surface area contributed by atoms with Crippen molar-refractivity contribution >= 4 is 12.4 Å². The Morgan fingerprint density at radius 3 is 1.79 bits per heavy atom. The van der Waals surface area contributed by atoms with E-state index in [-0.39, 0.29) is 0 Å². The van der Waals surface area contributed by atoms with Gasteiger partial charge in [-0.1, -0.05) is 0 Å². The minimum atomic E-state index is 0.776. The van der Waals surface area contributed by atoms with Crippen LogP contribution in [0.3, 0.4) is 0 Å². The molecule has 5 nitrogen and oxygen atoms in total. The van der Waals surface area contributed by atoms with Crippen molar-refractivity contribution in [1.29, 1.82) is 0 Å². The number of hydrogen-bond donors (Lipinski definition) is 0. The van der Waals surface area contributed by atoms with E-state index >= 15 is 0 Å². The van der Waals surface area contributed by atoms with E-state index < -0.39 is 0 Å². The lowest BCUT2D eigenvalue weighted by Crippen LogP contribution is -2.23. The first-order chi connectivity index (χ1) is 9.45. The molecule has 0 bridgehead atoms. The lowest BCUT2D eigenvalue weighted by molar-refractivity contribution is 0.118. The van der Waals surface area contributed by atoms with Gasteiger partial charge in [0.1, 0.15) is 13.3 Å². The predicted molar refractivity (Wildman–Crippen MR) is 78.5 cm³/mol.